The van der Waals surface area contributed by atoms with Crippen LogP contribution >= 0.6 is 0 Å². The molecule has 2 rings (SSSR count). The number of methoxy groups -OCH3 is 1. The topological polar surface area (TPSA) is 55.4 Å². The fraction of sp³-hybridized carbons (Fsp3) is 0.368. The lowest BCUT2D eigenvalue weighted by Gasteiger charge is -2.21. The van der Waals surface area contributed by atoms with Crippen molar-refractivity contribution in [3.63, 3.8) is 0 Å². The minimum Gasteiger partial charge on any atom is -0.497 e. The summed E-state index contributed by atoms with van der Waals surface area (Å²) >= 11 is 0. The maximum absolute atomic E-state index is 12.7. The lowest BCUT2D eigenvalue weighted by Crippen LogP contribution is -2.29. The van der Waals surface area contributed by atoms with E-state index in [1.807, 2.05) is 31.2 Å². The van der Waals surface area contributed by atoms with Gasteiger partial charge in [-0.05, 0) is 49.1 Å². The van der Waals surface area contributed by atoms with Crippen LogP contribution in [-0.4, -0.2) is 15.5 Å². The largest absolute Gasteiger partial charge is 0.497 e. The highest BCUT2D eigenvalue weighted by Crippen LogP contribution is 2.25. The lowest BCUT2D eigenvalue weighted by molar-refractivity contribution is 0.414. The van der Waals surface area contributed by atoms with Crippen LogP contribution in [-0.2, 0) is 10.0 Å². The van der Waals surface area contributed by atoms with Crippen molar-refractivity contribution in [2.24, 2.45) is 5.92 Å². The van der Waals surface area contributed by atoms with Crippen molar-refractivity contribution >= 4 is 10.0 Å². The van der Waals surface area contributed by atoms with E-state index in [-0.39, 0.29) is 10.9 Å². The number of hydrogen-bond acceptors (Lipinski definition) is 3. The van der Waals surface area contributed by atoms with Gasteiger partial charge in [-0.2, -0.15) is 0 Å². The summed E-state index contributed by atoms with van der Waals surface area (Å²) in [4.78, 5) is 0.287. The first-order valence-corrected chi connectivity index (χ1v) is 9.53. The molecule has 130 valence electrons. The van der Waals surface area contributed by atoms with Crippen molar-refractivity contribution in [3.8, 4) is 5.75 Å². The van der Waals surface area contributed by atoms with Crippen molar-refractivity contribution in [2.45, 2.75) is 38.1 Å². The molecule has 0 radical (unpaired) electrons. The number of aryl methyl sites for hydroxylation is 1. The summed E-state index contributed by atoms with van der Waals surface area (Å²) in [5.74, 6) is 1.11. The molecule has 0 bridgehead atoms. The van der Waals surface area contributed by atoms with Crippen molar-refractivity contribution < 1.29 is 13.2 Å². The van der Waals surface area contributed by atoms with Gasteiger partial charge in [0.25, 0.3) is 0 Å². The molecule has 0 aliphatic carbocycles. The van der Waals surface area contributed by atoms with E-state index in [0.717, 1.165) is 23.3 Å². The van der Waals surface area contributed by atoms with Crippen LogP contribution in [0.3, 0.4) is 0 Å². The van der Waals surface area contributed by atoms with Crippen molar-refractivity contribution in [1.29, 1.82) is 0 Å². The fourth-order valence-corrected chi connectivity index (χ4v) is 3.77. The Kier molecular flexibility index (Phi) is 6.02. The van der Waals surface area contributed by atoms with Gasteiger partial charge in [0.2, 0.25) is 10.0 Å². The maximum atomic E-state index is 12.7. The molecule has 2 aromatic carbocycles. The van der Waals surface area contributed by atoms with Gasteiger partial charge < -0.3 is 4.74 Å². The number of hydrogen-bond donors (Lipinski definition) is 1. The Bertz CT molecular complexity index is 750. The second-order valence-electron chi connectivity index (χ2n) is 6.39. The van der Waals surface area contributed by atoms with Gasteiger partial charge in [0.05, 0.1) is 12.0 Å². The fourth-order valence-electron chi connectivity index (χ4n) is 2.53. The van der Waals surface area contributed by atoms with E-state index >= 15 is 0 Å². The molecule has 1 N–H and O–H groups in total. The summed E-state index contributed by atoms with van der Waals surface area (Å²) in [7, 11) is -1.96. The van der Waals surface area contributed by atoms with Crippen LogP contribution in [0.1, 0.15) is 37.4 Å². The summed E-state index contributed by atoms with van der Waals surface area (Å²) in [6.07, 6.45) is 0.720. The van der Waals surface area contributed by atoms with Crippen LogP contribution in [0.25, 0.3) is 0 Å². The summed E-state index contributed by atoms with van der Waals surface area (Å²) in [6, 6.07) is 14.1. The number of rotatable bonds is 7. The van der Waals surface area contributed by atoms with Crippen LogP contribution in [0.2, 0.25) is 0 Å². The molecule has 0 heterocycles. The van der Waals surface area contributed by atoms with Gasteiger partial charge in [-0.3, -0.25) is 0 Å². The van der Waals surface area contributed by atoms with Crippen LogP contribution in [0.15, 0.2) is 53.4 Å². The Balaban J connectivity index is 2.28. The van der Waals surface area contributed by atoms with Crippen LogP contribution in [0.5, 0.6) is 5.75 Å². The van der Waals surface area contributed by atoms with E-state index in [4.69, 9.17) is 4.74 Å². The zero-order chi connectivity index (χ0) is 17.7. The van der Waals surface area contributed by atoms with E-state index in [9.17, 15) is 8.42 Å². The van der Waals surface area contributed by atoms with Gasteiger partial charge in [0, 0.05) is 6.04 Å². The molecular weight excluding hydrogens is 322 g/mol. The summed E-state index contributed by atoms with van der Waals surface area (Å²) in [6.45, 7) is 6.09. The first-order valence-electron chi connectivity index (χ1n) is 8.05. The minimum absolute atomic E-state index is 0.276. The summed E-state index contributed by atoms with van der Waals surface area (Å²) < 4.78 is 33.4. The monoisotopic (exact) mass is 347 g/mol. The summed E-state index contributed by atoms with van der Waals surface area (Å²) in [5, 5.41) is 0. The third-order valence-corrected chi connectivity index (χ3v) is 5.34. The smallest absolute Gasteiger partial charge is 0.241 e. The molecule has 0 amide bonds. The third-order valence-electron chi connectivity index (χ3n) is 3.85. The zero-order valence-electron chi connectivity index (χ0n) is 14.6. The highest BCUT2D eigenvalue weighted by molar-refractivity contribution is 7.89. The molecule has 4 nitrogen and oxygen atoms in total. The quantitative estimate of drug-likeness (QED) is 0.821. The Hall–Kier alpha value is -1.85. The molecule has 0 aromatic heterocycles. The molecule has 0 spiro atoms. The molecule has 0 fully saturated rings. The number of benzene rings is 2. The van der Waals surface area contributed by atoms with Crippen molar-refractivity contribution in [2.75, 3.05) is 7.11 Å². The predicted molar refractivity (Wildman–Crippen MR) is 96.7 cm³/mol. The Morgan fingerprint density at radius 3 is 2.08 bits per heavy atom. The van der Waals surface area contributed by atoms with Crippen LogP contribution < -0.4 is 9.46 Å². The molecule has 0 aliphatic heterocycles. The van der Waals surface area contributed by atoms with Gasteiger partial charge in [-0.1, -0.05) is 43.7 Å². The Morgan fingerprint density at radius 1 is 1.00 bits per heavy atom. The first kappa shape index (κ1) is 18.5. The van der Waals surface area contributed by atoms with Crippen molar-refractivity contribution in [3.05, 3.63) is 59.7 Å². The second-order valence-corrected chi connectivity index (χ2v) is 8.10. The zero-order valence-corrected chi connectivity index (χ0v) is 15.4. The highest BCUT2D eigenvalue weighted by Gasteiger charge is 2.22. The van der Waals surface area contributed by atoms with E-state index in [0.29, 0.717) is 5.92 Å². The first-order chi connectivity index (χ1) is 11.3. The molecule has 0 saturated heterocycles. The average Bonchev–Trinajstić information content (AvgIpc) is 2.54. The average molecular weight is 347 g/mol. The molecule has 5 heteroatoms. The van der Waals surface area contributed by atoms with Gasteiger partial charge >= 0.3 is 0 Å². The van der Waals surface area contributed by atoms with Gasteiger partial charge in [0.1, 0.15) is 5.75 Å². The number of nitrogens with one attached hydrogen (secondary N) is 1. The summed E-state index contributed by atoms with van der Waals surface area (Å²) in [5.41, 5.74) is 1.96. The van der Waals surface area contributed by atoms with Crippen LogP contribution in [0, 0.1) is 12.8 Å². The molecule has 2 aromatic rings. The van der Waals surface area contributed by atoms with Crippen molar-refractivity contribution in [1.82, 2.24) is 4.72 Å². The number of ether oxygens (including phenoxy) is 1. The van der Waals surface area contributed by atoms with E-state index in [2.05, 4.69) is 18.6 Å². The molecule has 1 unspecified atom stereocenters. The van der Waals surface area contributed by atoms with Gasteiger partial charge in [-0.25, -0.2) is 13.1 Å². The Labute approximate surface area is 144 Å². The van der Waals surface area contributed by atoms with E-state index in [1.165, 1.54) is 0 Å². The highest BCUT2D eigenvalue weighted by atomic mass is 32.2. The minimum atomic E-state index is -3.57. The lowest BCUT2D eigenvalue weighted by atomic mass is 9.98. The molecular formula is C19H25NO3S. The second kappa shape index (κ2) is 7.81. The van der Waals surface area contributed by atoms with Gasteiger partial charge in [-0.15, -0.1) is 0 Å². The normalized spacial score (nSPS) is 13.0. The third kappa shape index (κ3) is 4.82. The van der Waals surface area contributed by atoms with Crippen LogP contribution in [0.4, 0.5) is 0 Å². The molecule has 24 heavy (non-hydrogen) atoms. The molecule has 0 aliphatic rings. The maximum Gasteiger partial charge on any atom is 0.241 e. The number of sulfonamides is 1. The molecule has 1 atom stereocenters. The predicted octanol–water partition coefficient (Wildman–Crippen LogP) is 4.07. The van der Waals surface area contributed by atoms with Gasteiger partial charge in [0.15, 0.2) is 0 Å². The molecule has 0 saturated carbocycles. The Morgan fingerprint density at radius 2 is 1.58 bits per heavy atom. The van der Waals surface area contributed by atoms with E-state index < -0.39 is 10.0 Å². The standard InChI is InChI=1S/C19H25NO3S/c1-14(2)13-19(16-7-9-17(23-4)10-8-16)20-24(21,22)18-11-5-15(3)6-12-18/h5-12,14,19-20H,13H2,1-4H3. The van der Waals surface area contributed by atoms with E-state index in [1.54, 1.807) is 31.4 Å². The SMILES string of the molecule is COc1ccc(C(CC(C)C)NS(=O)(=O)c2ccc(C)cc2)cc1.